The number of carboxylic acids is 1. The van der Waals surface area contributed by atoms with Crippen molar-refractivity contribution in [1.29, 1.82) is 0 Å². The smallest absolute Gasteiger partial charge is 0.354 e. The van der Waals surface area contributed by atoms with E-state index in [1.54, 1.807) is 0 Å². The molecule has 3 rings (SSSR count). The second-order valence-electron chi connectivity index (χ2n) is 6.47. The Kier molecular flexibility index (Phi) is 5.02. The second kappa shape index (κ2) is 7.38. The van der Waals surface area contributed by atoms with E-state index in [0.29, 0.717) is 12.5 Å². The van der Waals surface area contributed by atoms with E-state index >= 15 is 0 Å². The highest BCUT2D eigenvalue weighted by Crippen LogP contribution is 2.23. The van der Waals surface area contributed by atoms with E-state index in [4.69, 9.17) is 5.11 Å². The van der Waals surface area contributed by atoms with E-state index in [0.717, 1.165) is 18.7 Å². The second-order valence-corrected chi connectivity index (χ2v) is 6.47. The third kappa shape index (κ3) is 3.99. The quantitative estimate of drug-likeness (QED) is 0.774. The van der Waals surface area contributed by atoms with Crippen molar-refractivity contribution in [3.05, 3.63) is 47.5 Å². The molecule has 1 aromatic carbocycles. The van der Waals surface area contributed by atoms with Crippen LogP contribution in [0.1, 0.15) is 46.3 Å². The van der Waals surface area contributed by atoms with Gasteiger partial charge in [-0.1, -0.05) is 19.1 Å². The number of carbonyl (C=O) groups is 2. The van der Waals surface area contributed by atoms with Crippen LogP contribution in [0.2, 0.25) is 0 Å². The number of rotatable bonds is 5. The molecular weight excluding hydrogens is 320 g/mol. The third-order valence-corrected chi connectivity index (χ3v) is 4.48. The molecule has 0 radical (unpaired) electrons. The van der Waals surface area contributed by atoms with E-state index < -0.39 is 11.9 Å². The molecule has 1 fully saturated rings. The number of aromatic carboxylic acids is 1. The van der Waals surface area contributed by atoms with Crippen molar-refractivity contribution in [1.82, 2.24) is 15.3 Å². The third-order valence-electron chi connectivity index (χ3n) is 4.48. The minimum Gasteiger partial charge on any atom is -0.477 e. The molecule has 1 atom stereocenters. The van der Waals surface area contributed by atoms with Crippen LogP contribution >= 0.6 is 0 Å². The van der Waals surface area contributed by atoms with Crippen molar-refractivity contribution in [3.8, 4) is 0 Å². The Hall–Kier alpha value is -2.83. The molecule has 7 nitrogen and oxygen atoms in total. The number of nitrogens with one attached hydrogen (secondary N) is 2. The monoisotopic (exact) mass is 342 g/mol. The maximum atomic E-state index is 12.1. The molecule has 1 saturated heterocycles. The van der Waals surface area contributed by atoms with Gasteiger partial charge in [0, 0.05) is 25.3 Å². The van der Waals surface area contributed by atoms with Crippen molar-refractivity contribution < 1.29 is 14.7 Å². The molecule has 7 heteroatoms. The Morgan fingerprint density at radius 2 is 2.12 bits per heavy atom. The van der Waals surface area contributed by atoms with Crippen LogP contribution in [0.4, 0.5) is 5.69 Å². The summed E-state index contributed by atoms with van der Waals surface area (Å²) in [6.45, 7) is 4.75. The number of piperidine rings is 1. The first-order valence-electron chi connectivity index (χ1n) is 8.43. The molecule has 2 heterocycles. The van der Waals surface area contributed by atoms with Gasteiger partial charge in [0.05, 0.1) is 6.33 Å². The van der Waals surface area contributed by atoms with E-state index in [2.05, 4.69) is 39.2 Å². The van der Waals surface area contributed by atoms with Gasteiger partial charge in [-0.05, 0) is 36.5 Å². The van der Waals surface area contributed by atoms with E-state index in [9.17, 15) is 9.59 Å². The molecule has 0 bridgehead atoms. The zero-order valence-corrected chi connectivity index (χ0v) is 14.2. The number of imidazole rings is 1. The summed E-state index contributed by atoms with van der Waals surface area (Å²) in [7, 11) is 0. The van der Waals surface area contributed by atoms with Gasteiger partial charge in [-0.25, -0.2) is 9.78 Å². The first kappa shape index (κ1) is 17.0. The molecule has 132 valence electrons. The van der Waals surface area contributed by atoms with Crippen LogP contribution in [0.25, 0.3) is 0 Å². The van der Waals surface area contributed by atoms with E-state index in [1.165, 1.54) is 24.9 Å². The highest BCUT2D eigenvalue weighted by Gasteiger charge is 2.19. The van der Waals surface area contributed by atoms with Gasteiger partial charge in [0.25, 0.3) is 5.91 Å². The summed E-state index contributed by atoms with van der Waals surface area (Å²) in [4.78, 5) is 31.7. The van der Waals surface area contributed by atoms with Crippen LogP contribution in [0.15, 0.2) is 30.6 Å². The van der Waals surface area contributed by atoms with Gasteiger partial charge in [-0.3, -0.25) is 4.79 Å². The van der Waals surface area contributed by atoms with Gasteiger partial charge >= 0.3 is 5.97 Å². The number of hydrogen-bond donors (Lipinski definition) is 3. The summed E-state index contributed by atoms with van der Waals surface area (Å²) in [5.41, 5.74) is 1.84. The number of aromatic amines is 1. The molecular formula is C18H22N4O3. The molecule has 1 aliphatic heterocycles. The Bertz CT molecular complexity index is 754. The lowest BCUT2D eigenvalue weighted by Gasteiger charge is -2.32. The van der Waals surface area contributed by atoms with Gasteiger partial charge in [-0.2, -0.15) is 0 Å². The molecule has 0 aliphatic carbocycles. The Labute approximate surface area is 146 Å². The maximum absolute atomic E-state index is 12.1. The number of carbonyl (C=O) groups excluding carboxylic acids is 1. The number of H-pyrrole nitrogens is 1. The molecule has 1 aromatic heterocycles. The molecule has 1 amide bonds. The number of carboxylic acid groups (broad SMARTS) is 1. The SMILES string of the molecule is C[C@H]1CCCN(c2ccc(CNC(=O)c3nc[nH]c3C(=O)O)cc2)C1. The number of aromatic nitrogens is 2. The predicted molar refractivity (Wildman–Crippen MR) is 93.8 cm³/mol. The summed E-state index contributed by atoms with van der Waals surface area (Å²) in [6, 6.07) is 8.10. The molecule has 0 saturated carbocycles. The standard InChI is InChI=1S/C18H22N4O3/c1-12-3-2-8-22(10-12)14-6-4-13(5-7-14)9-19-17(23)15-16(18(24)25)21-11-20-15/h4-7,11-12H,2-3,8-10H2,1H3,(H,19,23)(H,20,21)(H,24,25)/t12-/m0/s1. The van der Waals surface area contributed by atoms with Crippen molar-refractivity contribution in [3.63, 3.8) is 0 Å². The van der Waals surface area contributed by atoms with Crippen molar-refractivity contribution >= 4 is 17.6 Å². The van der Waals surface area contributed by atoms with Gasteiger partial charge < -0.3 is 20.3 Å². The lowest BCUT2D eigenvalue weighted by Crippen LogP contribution is -2.34. The minimum absolute atomic E-state index is 0.105. The number of amides is 1. The van der Waals surface area contributed by atoms with Gasteiger partial charge in [0.15, 0.2) is 11.4 Å². The molecule has 1 aliphatic rings. The molecule has 0 unspecified atom stereocenters. The number of nitrogens with zero attached hydrogens (tertiary/aromatic N) is 2. The fraction of sp³-hybridized carbons (Fsp3) is 0.389. The largest absolute Gasteiger partial charge is 0.477 e. The van der Waals surface area contributed by atoms with Crippen LogP contribution in [-0.2, 0) is 6.54 Å². The number of hydrogen-bond acceptors (Lipinski definition) is 4. The molecule has 25 heavy (non-hydrogen) atoms. The van der Waals surface area contributed by atoms with Gasteiger partial charge in [0.2, 0.25) is 0 Å². The average molecular weight is 342 g/mol. The van der Waals surface area contributed by atoms with Crippen molar-refractivity contribution in [2.45, 2.75) is 26.3 Å². The lowest BCUT2D eigenvalue weighted by molar-refractivity contribution is 0.0685. The van der Waals surface area contributed by atoms with Crippen LogP contribution in [0.5, 0.6) is 0 Å². The first-order chi connectivity index (χ1) is 12.0. The van der Waals surface area contributed by atoms with Crippen molar-refractivity contribution in [2.75, 3.05) is 18.0 Å². The minimum atomic E-state index is -1.21. The Morgan fingerprint density at radius 3 is 2.80 bits per heavy atom. The first-order valence-corrected chi connectivity index (χ1v) is 8.43. The molecule has 2 aromatic rings. The highest BCUT2D eigenvalue weighted by molar-refractivity contribution is 6.02. The van der Waals surface area contributed by atoms with E-state index in [-0.39, 0.29) is 11.4 Å². The summed E-state index contributed by atoms with van der Waals surface area (Å²) < 4.78 is 0. The van der Waals surface area contributed by atoms with Gasteiger partial charge in [-0.15, -0.1) is 0 Å². The molecule has 3 N–H and O–H groups in total. The zero-order chi connectivity index (χ0) is 17.8. The fourth-order valence-corrected chi connectivity index (χ4v) is 3.14. The lowest BCUT2D eigenvalue weighted by atomic mass is 9.99. The van der Waals surface area contributed by atoms with Crippen molar-refractivity contribution in [2.24, 2.45) is 5.92 Å². The number of anilines is 1. The summed E-state index contributed by atoms with van der Waals surface area (Å²) in [5.74, 6) is -1.000. The Morgan fingerprint density at radius 1 is 1.36 bits per heavy atom. The fourth-order valence-electron chi connectivity index (χ4n) is 3.14. The summed E-state index contributed by atoms with van der Waals surface area (Å²) >= 11 is 0. The maximum Gasteiger partial charge on any atom is 0.354 e. The topological polar surface area (TPSA) is 98.3 Å². The number of benzene rings is 1. The highest BCUT2D eigenvalue weighted by atomic mass is 16.4. The Balaban J connectivity index is 1.59. The summed E-state index contributed by atoms with van der Waals surface area (Å²) in [6.07, 6.45) is 3.70. The van der Waals surface area contributed by atoms with Crippen LogP contribution in [-0.4, -0.2) is 40.0 Å². The van der Waals surface area contributed by atoms with E-state index in [1.807, 2.05) is 12.1 Å². The molecule has 0 spiro atoms. The summed E-state index contributed by atoms with van der Waals surface area (Å²) in [5, 5.41) is 11.7. The van der Waals surface area contributed by atoms with Crippen LogP contribution < -0.4 is 10.2 Å². The van der Waals surface area contributed by atoms with Crippen LogP contribution in [0, 0.1) is 5.92 Å². The van der Waals surface area contributed by atoms with Gasteiger partial charge in [0.1, 0.15) is 0 Å². The normalized spacial score (nSPS) is 17.3. The van der Waals surface area contributed by atoms with Crippen LogP contribution in [0.3, 0.4) is 0 Å². The average Bonchev–Trinajstić information content (AvgIpc) is 3.10. The zero-order valence-electron chi connectivity index (χ0n) is 14.2. The predicted octanol–water partition coefficient (Wildman–Crippen LogP) is 2.27.